The summed E-state index contributed by atoms with van der Waals surface area (Å²) in [6.07, 6.45) is 13.5. The Morgan fingerprint density at radius 2 is 0.333 bits per heavy atom. The van der Waals surface area contributed by atoms with Gasteiger partial charge in [0.2, 0.25) is 0 Å². The molecule has 24 heteroatoms. The Labute approximate surface area is 702 Å². The van der Waals surface area contributed by atoms with Gasteiger partial charge < -0.3 is 0 Å². The Hall–Kier alpha value is -0.180. The van der Waals surface area contributed by atoms with Crippen molar-refractivity contribution in [2.45, 2.75) is 34.5 Å². The van der Waals surface area contributed by atoms with Crippen LogP contribution in [0.5, 0.6) is 0 Å². The molecule has 0 saturated heterocycles. The van der Waals surface area contributed by atoms with Crippen molar-refractivity contribution >= 4 is 282 Å². The maximum Gasteiger partial charge on any atom is 0.0717 e. The predicted octanol–water partition coefficient (Wildman–Crippen LogP) is 33.0. The molecule has 0 amide bonds. The molecule has 0 aromatic heterocycles. The van der Waals surface area contributed by atoms with Gasteiger partial charge in [-0.2, -0.15) is 0 Å². The van der Waals surface area contributed by atoms with Gasteiger partial charge in [-0.3, -0.25) is 0 Å². The van der Waals surface area contributed by atoms with E-state index in [1.165, 1.54) is 176 Å². The summed E-state index contributed by atoms with van der Waals surface area (Å²) >= 11 is 47.0. The summed E-state index contributed by atoms with van der Waals surface area (Å²) in [7, 11) is 0. The van der Waals surface area contributed by atoms with Crippen LogP contribution in [0.2, 0.25) is 0 Å². The summed E-state index contributed by atoms with van der Waals surface area (Å²) in [4.78, 5) is 0. The lowest BCUT2D eigenvalue weighted by atomic mass is 9.92. The van der Waals surface area contributed by atoms with E-state index in [0.29, 0.717) is 0 Å². The summed E-state index contributed by atoms with van der Waals surface area (Å²) in [5.41, 5.74) is 22.9. The largest absolute Gasteiger partial charge is 0.121 e. The fourth-order valence-electron chi connectivity index (χ4n) is 11.6. The van der Waals surface area contributed by atoms with Crippen LogP contribution in [-0.4, -0.2) is 37.5 Å². The number of rotatable bonds is 6. The average Bonchev–Trinajstić information content (AvgIpc) is 1.67. The van der Waals surface area contributed by atoms with Crippen molar-refractivity contribution in [3.05, 3.63) is 292 Å². The Bertz CT molecular complexity index is 4170. The van der Waals surface area contributed by atoms with Crippen LogP contribution < -0.4 is 0 Å². The molecule has 0 aliphatic carbocycles. The second kappa shape index (κ2) is 35.7. The lowest BCUT2D eigenvalue weighted by Gasteiger charge is -2.14. The maximum atomic E-state index is 2.45. The first-order valence-corrected chi connectivity index (χ1v) is 54.9. The first-order chi connectivity index (χ1) is 50.1. The molecule has 9 heterocycles. The van der Waals surface area contributed by atoms with Crippen molar-refractivity contribution in [2.24, 2.45) is 0 Å². The molecule has 9 aliphatic heterocycles. The van der Waals surface area contributed by atoms with Crippen molar-refractivity contribution in [2.75, 3.05) is 37.5 Å². The van der Waals surface area contributed by atoms with E-state index in [-0.39, 0.29) is 0 Å². The average molecular weight is 1770 g/mol. The normalized spacial score (nSPS) is 19.1. The minimum atomic E-state index is 0.894. The summed E-state index contributed by atoms with van der Waals surface area (Å²) in [6, 6.07) is 70.9. The molecule has 9 aliphatic rings. The molecule has 0 unspecified atom stereocenters. The number of fused-ring (bicyclic) bond motifs is 6. The van der Waals surface area contributed by atoms with Gasteiger partial charge in [-0.05, 0) is 174 Å². The topological polar surface area (TPSA) is 0 Å². The Kier molecular flexibility index (Phi) is 26.5. The number of benzene rings is 8. The van der Waals surface area contributed by atoms with Gasteiger partial charge in [0.25, 0.3) is 0 Å². The molecule has 0 saturated carbocycles. The van der Waals surface area contributed by atoms with Crippen molar-refractivity contribution in [3.8, 4) is 66.8 Å². The van der Waals surface area contributed by atoms with Gasteiger partial charge in [-0.1, -0.05) is 287 Å². The molecule has 516 valence electrons. The highest BCUT2D eigenvalue weighted by Crippen LogP contribution is 2.70. The van der Waals surface area contributed by atoms with Crippen molar-refractivity contribution in [3.63, 3.8) is 0 Å². The van der Waals surface area contributed by atoms with Crippen molar-refractivity contribution in [1.82, 2.24) is 0 Å². The highest BCUT2D eigenvalue weighted by Gasteiger charge is 2.34. The van der Waals surface area contributed by atoms with Crippen molar-refractivity contribution < 1.29 is 0 Å². The monoisotopic (exact) mass is 1760 g/mol. The summed E-state index contributed by atoms with van der Waals surface area (Å²) in [6.45, 7) is 0. The minimum absolute atomic E-state index is 0.894. The van der Waals surface area contributed by atoms with Crippen LogP contribution in [0.1, 0.15) is 33.4 Å². The first kappa shape index (κ1) is 75.8. The zero-order valence-electron chi connectivity index (χ0n) is 55.4. The van der Waals surface area contributed by atoms with Crippen LogP contribution in [0.15, 0.2) is 258 Å². The van der Waals surface area contributed by atoms with E-state index < -0.39 is 0 Å². The lowest BCUT2D eigenvalue weighted by molar-refractivity contribution is 1.40. The third-order valence-corrected chi connectivity index (χ3v) is 50.7. The molecule has 0 radical (unpaired) electrons. The van der Waals surface area contributed by atoms with Gasteiger partial charge in [-0.25, -0.2) is 0 Å². The van der Waals surface area contributed by atoms with E-state index in [1.807, 2.05) is 282 Å². The van der Waals surface area contributed by atoms with E-state index in [1.54, 1.807) is 0 Å². The Balaban J connectivity index is 0.808. The second-order valence-corrected chi connectivity index (χ2v) is 50.9. The fraction of sp³-hybridized carbons (Fsp3) is 0.154. The van der Waals surface area contributed by atoms with E-state index in [9.17, 15) is 0 Å². The summed E-state index contributed by atoms with van der Waals surface area (Å²) in [5.74, 6) is 5.36. The first-order valence-electron chi connectivity index (χ1n) is 31.8. The quantitative estimate of drug-likeness (QED) is 0.155. The second-order valence-electron chi connectivity index (χ2n) is 23.2. The Morgan fingerprint density at radius 1 is 0.176 bits per heavy atom. The molecule has 8 aromatic carbocycles. The minimum Gasteiger partial charge on any atom is -0.121 e. The summed E-state index contributed by atoms with van der Waals surface area (Å²) < 4.78 is 25.3. The SMILES string of the molecule is CSC1=C2SCc3cccc(c3)-c3cc4cc(c3)-c3cccc(c3)CSC3=C(SC)S/C(=C5/SC(SC)=C(SCc6cccc(c6)-c6cc(cc(c6)-c6cccc(c6)CSC6=C(SC)SC(=C7SC(SC)=C(SCc8cccc-4c8)S7)S6)-c4cccc(c4)CSC4=C(SC)SC(=C(S1)S2)S4)S5)S3. The maximum absolute atomic E-state index is 2.45. The molecule has 30 bridgehead atoms. The molecular formula is C78H60S24. The molecule has 0 nitrogen and oxygen atoms in total. The van der Waals surface area contributed by atoms with Crippen LogP contribution in [0.4, 0.5) is 0 Å². The van der Waals surface area contributed by atoms with Crippen LogP contribution in [0.25, 0.3) is 66.8 Å². The van der Waals surface area contributed by atoms with E-state index in [4.69, 9.17) is 0 Å². The number of thioether (sulfide) groups is 24. The molecular weight excluding hydrogens is 1710 g/mol. The lowest BCUT2D eigenvalue weighted by Crippen LogP contribution is -1.90. The van der Waals surface area contributed by atoms with Crippen LogP contribution in [0.3, 0.4) is 0 Å². The van der Waals surface area contributed by atoms with E-state index in [0.717, 1.165) is 34.5 Å². The van der Waals surface area contributed by atoms with Gasteiger partial charge in [0.1, 0.15) is 0 Å². The van der Waals surface area contributed by atoms with Gasteiger partial charge in [0, 0.05) is 34.5 Å². The van der Waals surface area contributed by atoms with E-state index in [2.05, 4.69) is 220 Å². The predicted molar refractivity (Wildman–Crippen MR) is 509 cm³/mol. The molecule has 0 atom stereocenters. The third kappa shape index (κ3) is 17.8. The van der Waals surface area contributed by atoms with Crippen molar-refractivity contribution in [1.29, 1.82) is 0 Å². The molecule has 8 aromatic rings. The highest BCUT2D eigenvalue weighted by atomic mass is 32.3. The third-order valence-electron chi connectivity index (χ3n) is 16.5. The van der Waals surface area contributed by atoms with Gasteiger partial charge in [-0.15, -0.1) is 141 Å². The van der Waals surface area contributed by atoms with Crippen LogP contribution in [0, 0.1) is 0 Å². The highest BCUT2D eigenvalue weighted by molar-refractivity contribution is 8.47. The van der Waals surface area contributed by atoms with Gasteiger partial charge in [0.05, 0.1) is 76.3 Å². The Morgan fingerprint density at radius 3 is 0.480 bits per heavy atom. The van der Waals surface area contributed by atoms with Crippen LogP contribution in [-0.2, 0) is 34.5 Å². The molecule has 0 fully saturated rings. The molecule has 0 N–H and O–H groups in total. The molecule has 102 heavy (non-hydrogen) atoms. The smallest absolute Gasteiger partial charge is 0.0717 e. The molecule has 17 rings (SSSR count). The zero-order chi connectivity index (χ0) is 69.2. The van der Waals surface area contributed by atoms with Gasteiger partial charge in [0.15, 0.2) is 0 Å². The number of hydrogen-bond donors (Lipinski definition) is 0. The zero-order valence-corrected chi connectivity index (χ0v) is 75.0. The fourth-order valence-corrected chi connectivity index (χ4v) is 44.7. The van der Waals surface area contributed by atoms with Gasteiger partial charge >= 0.3 is 0 Å². The van der Waals surface area contributed by atoms with E-state index >= 15 is 0 Å². The molecule has 0 spiro atoms. The summed E-state index contributed by atoms with van der Waals surface area (Å²) in [5, 5.41) is 0. The van der Waals surface area contributed by atoms with Crippen LogP contribution >= 0.6 is 282 Å². The standard InChI is InChI=1S/C78H60S24/c1-79-61-67-85-37-43-13-7-19-49(25-43)55-31-56-33-57(32-55)52-22-10-16-46(28-52)40-88-70-64(82-4)94-76(100-70)78-96-66(84-6)72(102-78)90-42-48-18-12-24-54(30-48)60-35-58(50-20-8-14-44(26-50)38-86-68-62(80-2)92-74(98-68)73(91-61)97-67)34-59(36-60)53-23-11-17-47(29-53)41-89-71-65(83-5)95-77(101-71)75-93-63(81-3)69(99-75)87-39-45-15-9-21-51(56)27-45/h7-36H,37-42H2,1-6H3/b74-73+,77-75?,78-76?. The number of hydrogen-bond acceptors (Lipinski definition) is 24.